The first kappa shape index (κ1) is 22.4. The maximum atomic E-state index is 10.6. The Bertz CT molecular complexity index is 103. The highest BCUT2D eigenvalue weighted by molar-refractivity contribution is 6.27. The zero-order valence-electron chi connectivity index (χ0n) is 4.93. The smallest absolute Gasteiger partial charge is 0.298 e. The highest BCUT2D eigenvalue weighted by Crippen LogP contribution is 1.93. The van der Waals surface area contributed by atoms with E-state index in [1.54, 1.807) is 0 Å². The molecule has 0 aliphatic heterocycles. The number of hydrogen-bond acceptors (Lipinski definition) is 0. The van der Waals surface area contributed by atoms with Gasteiger partial charge >= 0.3 is 0 Å². The fourth-order valence-electron chi connectivity index (χ4n) is 0. The summed E-state index contributed by atoms with van der Waals surface area (Å²) in [6.45, 7) is 2.65. The number of halogens is 7. The molecule has 0 heterocycles. The minimum atomic E-state index is -2.29. The highest BCUT2D eigenvalue weighted by atomic mass is 35.5. The van der Waals surface area contributed by atoms with Crippen molar-refractivity contribution in [3.63, 3.8) is 0 Å². The van der Waals surface area contributed by atoms with Crippen LogP contribution in [0.15, 0.2) is 24.3 Å². The molecule has 0 aromatic heterocycles. The average Bonchev–Trinajstić information content (AvgIpc) is 1.65. The lowest BCUT2D eigenvalue weighted by Crippen LogP contribution is -3.00. The summed E-state index contributed by atoms with van der Waals surface area (Å²) >= 11 is 4.41. The summed E-state index contributed by atoms with van der Waals surface area (Å²) in [7, 11) is 0. The predicted molar refractivity (Wildman–Crippen MR) is 27.5 cm³/mol. The van der Waals surface area contributed by atoms with Crippen molar-refractivity contribution in [1.29, 1.82) is 0 Å². The van der Waals surface area contributed by atoms with Gasteiger partial charge in [-0.2, -0.15) is 13.2 Å². The second-order valence-electron chi connectivity index (χ2n) is 0.737. The van der Waals surface area contributed by atoms with Gasteiger partial charge in [-0.15, -0.1) is 0 Å². The lowest BCUT2D eigenvalue weighted by atomic mass is 11.1. The summed E-state index contributed by atoms with van der Waals surface area (Å²) in [6.07, 6.45) is -3.04. The Morgan fingerprint density at radius 2 is 1.27 bits per heavy atom. The number of hydrogen-bond donors (Lipinski definition) is 0. The quantitative estimate of drug-likeness (QED) is 0.375. The van der Waals surface area contributed by atoms with Crippen molar-refractivity contribution in [3.8, 4) is 0 Å². The van der Waals surface area contributed by atoms with Crippen LogP contribution in [-0.4, -0.2) is 0 Å². The molecule has 0 aliphatic carbocycles. The molecule has 0 spiro atoms. The lowest BCUT2D eigenvalue weighted by Gasteiger charge is -1.59. The molecular weight excluding hydrogens is 197 g/mol. The van der Waals surface area contributed by atoms with Gasteiger partial charge in [-0.05, 0) is 0 Å². The van der Waals surface area contributed by atoms with Gasteiger partial charge in [-0.3, -0.25) is 0 Å². The summed E-state index contributed by atoms with van der Waals surface area (Å²) in [5.74, 6) is 0. The first-order valence-corrected chi connectivity index (χ1v) is 1.99. The van der Waals surface area contributed by atoms with E-state index >= 15 is 0 Å². The van der Waals surface area contributed by atoms with Crippen LogP contribution in [0.2, 0.25) is 0 Å². The van der Waals surface area contributed by atoms with Gasteiger partial charge in [0.05, 0.1) is 0 Å². The third-order valence-corrected chi connectivity index (χ3v) is 0.0825. The van der Waals surface area contributed by atoms with Crippen LogP contribution < -0.4 is 9.41 Å². The van der Waals surface area contributed by atoms with Crippen molar-refractivity contribution < 1.29 is 27.0 Å². The SMILES string of the molecule is C=C(F)Cl.FC=C(F)F.[F-].[F-]. The normalized spacial score (nSPS) is 5.55. The zero-order chi connectivity index (χ0) is 7.86. The lowest BCUT2D eigenvalue weighted by molar-refractivity contribution is -0.001000. The van der Waals surface area contributed by atoms with Crippen LogP contribution in [0.3, 0.4) is 0 Å². The van der Waals surface area contributed by atoms with E-state index in [0.29, 0.717) is 0 Å². The summed E-state index contributed by atoms with van der Waals surface area (Å²) in [5, 5.41) is -0.861. The second-order valence-corrected chi connectivity index (χ2v) is 1.15. The summed E-state index contributed by atoms with van der Waals surface area (Å²) in [5.41, 5.74) is 0. The molecule has 11 heavy (non-hydrogen) atoms. The zero-order valence-corrected chi connectivity index (χ0v) is 5.69. The van der Waals surface area contributed by atoms with Crippen LogP contribution in [-0.2, 0) is 0 Å². The molecule has 0 radical (unpaired) electrons. The topological polar surface area (TPSA) is 0 Å². The van der Waals surface area contributed by atoms with Crippen molar-refractivity contribution in [3.05, 3.63) is 24.3 Å². The van der Waals surface area contributed by atoms with E-state index < -0.39 is 17.7 Å². The Hall–Kier alpha value is -0.650. The molecule has 70 valence electrons. The molecule has 0 saturated heterocycles. The van der Waals surface area contributed by atoms with E-state index in [0.717, 1.165) is 0 Å². The van der Waals surface area contributed by atoms with Gasteiger partial charge < -0.3 is 9.41 Å². The first-order chi connectivity index (χ1) is 4.00. The van der Waals surface area contributed by atoms with Crippen molar-refractivity contribution in [2.75, 3.05) is 0 Å². The molecule has 0 unspecified atom stereocenters. The third kappa shape index (κ3) is 277. The van der Waals surface area contributed by atoms with Crippen molar-refractivity contribution in [2.45, 2.75) is 0 Å². The maximum absolute atomic E-state index is 10.6. The minimum Gasteiger partial charge on any atom is -1.00 e. The van der Waals surface area contributed by atoms with Crippen LogP contribution in [0.1, 0.15) is 0 Å². The molecule has 0 nitrogen and oxygen atoms in total. The van der Waals surface area contributed by atoms with Crippen LogP contribution in [0.4, 0.5) is 17.6 Å². The summed E-state index contributed by atoms with van der Waals surface area (Å²) in [4.78, 5) is 0. The summed E-state index contributed by atoms with van der Waals surface area (Å²) < 4.78 is 41.3. The Kier molecular flexibility index (Phi) is 33.0. The average molecular weight is 201 g/mol. The van der Waals surface area contributed by atoms with Gasteiger partial charge in [0.1, 0.15) is 0 Å². The van der Waals surface area contributed by atoms with Crippen molar-refractivity contribution in [1.82, 2.24) is 0 Å². The monoisotopic (exact) mass is 200 g/mol. The van der Waals surface area contributed by atoms with Gasteiger partial charge in [0.25, 0.3) is 6.08 Å². The Morgan fingerprint density at radius 3 is 1.27 bits per heavy atom. The molecule has 7 heteroatoms. The van der Waals surface area contributed by atoms with Gasteiger partial charge in [0, 0.05) is 0 Å². The van der Waals surface area contributed by atoms with Crippen LogP contribution >= 0.6 is 11.6 Å². The molecule has 0 aromatic carbocycles. The molecular formula is C4H3ClF6-2. The molecule has 0 aliphatic rings. The Morgan fingerprint density at radius 1 is 1.18 bits per heavy atom. The molecule has 0 atom stereocenters. The van der Waals surface area contributed by atoms with E-state index in [2.05, 4.69) is 18.2 Å². The standard InChI is InChI=1S/C2H2ClF.C2HF3.2FH/c1-2(3)4;3-1-2(4)5;;/h1H2;1H;2*1H/p-2. The maximum Gasteiger partial charge on any atom is 0.298 e. The fraction of sp³-hybridized carbons (Fsp3) is 0. The van der Waals surface area contributed by atoms with Crippen molar-refractivity contribution in [2.24, 2.45) is 0 Å². The van der Waals surface area contributed by atoms with E-state index in [4.69, 9.17) is 0 Å². The van der Waals surface area contributed by atoms with E-state index in [9.17, 15) is 17.6 Å². The highest BCUT2D eigenvalue weighted by Gasteiger charge is 1.78. The Balaban J connectivity index is -0.0000000383. The molecule has 0 bridgehead atoms. The third-order valence-electron chi connectivity index (χ3n) is 0.0825. The van der Waals surface area contributed by atoms with Crippen molar-refractivity contribution >= 4 is 11.6 Å². The molecule has 0 amide bonds. The van der Waals surface area contributed by atoms with Crippen LogP contribution in [0.25, 0.3) is 0 Å². The van der Waals surface area contributed by atoms with E-state index in [1.807, 2.05) is 0 Å². The van der Waals surface area contributed by atoms with E-state index in [1.165, 1.54) is 0 Å². The van der Waals surface area contributed by atoms with E-state index in [-0.39, 0.29) is 9.41 Å². The number of rotatable bonds is 0. The second kappa shape index (κ2) is 16.2. The fourth-order valence-corrected chi connectivity index (χ4v) is 0. The summed E-state index contributed by atoms with van der Waals surface area (Å²) in [6, 6.07) is 0. The minimum absolute atomic E-state index is 0. The van der Waals surface area contributed by atoms with Crippen LogP contribution in [0, 0.1) is 0 Å². The van der Waals surface area contributed by atoms with Crippen LogP contribution in [0.5, 0.6) is 0 Å². The van der Waals surface area contributed by atoms with Gasteiger partial charge in [-0.25, -0.2) is 4.39 Å². The molecule has 0 rings (SSSR count). The molecule has 0 aromatic rings. The predicted octanol–water partition coefficient (Wildman–Crippen LogP) is -2.63. The first-order valence-electron chi connectivity index (χ1n) is 1.62. The van der Waals surface area contributed by atoms with Gasteiger partial charge in [-0.1, -0.05) is 18.2 Å². The van der Waals surface area contributed by atoms with Gasteiger partial charge in [0.15, 0.2) is 11.6 Å². The molecule has 0 fully saturated rings. The van der Waals surface area contributed by atoms with Gasteiger partial charge in [0.2, 0.25) is 0 Å². The molecule has 0 N–H and O–H groups in total. The molecule has 0 saturated carbocycles. The Labute approximate surface area is 63.9 Å². The largest absolute Gasteiger partial charge is 1.00 e.